The second kappa shape index (κ2) is 3.85. The van der Waals surface area contributed by atoms with Crippen LogP contribution in [0.15, 0.2) is 23.0 Å². The predicted molar refractivity (Wildman–Crippen MR) is 61.1 cm³/mol. The molecule has 0 bridgehead atoms. The van der Waals surface area contributed by atoms with Gasteiger partial charge in [0.05, 0.1) is 10.9 Å². The van der Waals surface area contributed by atoms with Crippen LogP contribution in [-0.2, 0) is 6.42 Å². The lowest BCUT2D eigenvalue weighted by Crippen LogP contribution is -2.12. The molecule has 0 unspecified atom stereocenters. The summed E-state index contributed by atoms with van der Waals surface area (Å²) in [6, 6.07) is 5.75. The van der Waals surface area contributed by atoms with Gasteiger partial charge in [-0.3, -0.25) is 4.79 Å². The lowest BCUT2D eigenvalue weighted by Gasteiger charge is -2.03. The van der Waals surface area contributed by atoms with Crippen LogP contribution >= 0.6 is 0 Å². The van der Waals surface area contributed by atoms with Crippen molar-refractivity contribution in [2.24, 2.45) is 0 Å². The second-order valence-electron chi connectivity index (χ2n) is 3.73. The zero-order chi connectivity index (χ0) is 10.8. The highest BCUT2D eigenvalue weighted by molar-refractivity contribution is 5.80. The number of nitrogens with zero attached hydrogens (tertiary/aromatic N) is 1. The summed E-state index contributed by atoms with van der Waals surface area (Å²) >= 11 is 0. The Kier molecular flexibility index (Phi) is 2.54. The van der Waals surface area contributed by atoms with Gasteiger partial charge in [0, 0.05) is 6.42 Å². The molecular formula is C12H14N2O. The van der Waals surface area contributed by atoms with Crippen molar-refractivity contribution < 1.29 is 0 Å². The first kappa shape index (κ1) is 9.90. The van der Waals surface area contributed by atoms with E-state index in [1.807, 2.05) is 25.1 Å². The number of hydrogen-bond donors (Lipinski definition) is 1. The number of benzene rings is 1. The molecule has 0 atom stereocenters. The number of aromatic nitrogens is 2. The molecule has 0 aliphatic carbocycles. The SMILES string of the molecule is CCCc1nc2cccc(C)c2c(=O)[nH]1. The van der Waals surface area contributed by atoms with E-state index < -0.39 is 0 Å². The molecule has 3 nitrogen and oxygen atoms in total. The first-order valence-electron chi connectivity index (χ1n) is 5.21. The van der Waals surface area contributed by atoms with Crippen LogP contribution in [0.1, 0.15) is 24.7 Å². The molecule has 1 aromatic heterocycles. The van der Waals surface area contributed by atoms with Gasteiger partial charge in [-0.15, -0.1) is 0 Å². The minimum absolute atomic E-state index is 0.0263. The van der Waals surface area contributed by atoms with Crippen molar-refractivity contribution in [2.75, 3.05) is 0 Å². The van der Waals surface area contributed by atoms with Gasteiger partial charge in [-0.2, -0.15) is 0 Å². The lowest BCUT2D eigenvalue weighted by atomic mass is 10.1. The molecule has 0 spiro atoms. The third kappa shape index (κ3) is 1.77. The molecule has 0 aliphatic rings. The van der Waals surface area contributed by atoms with Gasteiger partial charge in [0.25, 0.3) is 5.56 Å². The Bertz CT molecular complexity index is 543. The van der Waals surface area contributed by atoms with Crippen molar-refractivity contribution >= 4 is 10.9 Å². The highest BCUT2D eigenvalue weighted by atomic mass is 16.1. The van der Waals surface area contributed by atoms with E-state index in [-0.39, 0.29) is 5.56 Å². The van der Waals surface area contributed by atoms with E-state index in [1.54, 1.807) is 0 Å². The molecule has 1 N–H and O–H groups in total. The Morgan fingerprint density at radius 3 is 2.93 bits per heavy atom. The van der Waals surface area contributed by atoms with Crippen LogP contribution in [-0.4, -0.2) is 9.97 Å². The zero-order valence-corrected chi connectivity index (χ0v) is 9.00. The number of aryl methyl sites for hydroxylation is 2. The first-order chi connectivity index (χ1) is 7.22. The zero-order valence-electron chi connectivity index (χ0n) is 9.00. The molecule has 0 saturated carbocycles. The van der Waals surface area contributed by atoms with E-state index in [9.17, 15) is 4.79 Å². The molecule has 1 aromatic carbocycles. The molecule has 3 heteroatoms. The van der Waals surface area contributed by atoms with E-state index in [4.69, 9.17) is 0 Å². The average molecular weight is 202 g/mol. The van der Waals surface area contributed by atoms with Crippen molar-refractivity contribution in [3.05, 3.63) is 39.9 Å². The van der Waals surface area contributed by atoms with Crippen LogP contribution in [0.4, 0.5) is 0 Å². The molecule has 2 rings (SSSR count). The van der Waals surface area contributed by atoms with Gasteiger partial charge in [0.1, 0.15) is 5.82 Å². The molecule has 78 valence electrons. The van der Waals surface area contributed by atoms with Crippen LogP contribution in [0.2, 0.25) is 0 Å². The van der Waals surface area contributed by atoms with Gasteiger partial charge in [-0.1, -0.05) is 19.1 Å². The summed E-state index contributed by atoms with van der Waals surface area (Å²) < 4.78 is 0. The Morgan fingerprint density at radius 1 is 1.40 bits per heavy atom. The van der Waals surface area contributed by atoms with Gasteiger partial charge >= 0.3 is 0 Å². The molecule has 0 fully saturated rings. The van der Waals surface area contributed by atoms with E-state index in [0.29, 0.717) is 5.39 Å². The number of fused-ring (bicyclic) bond motifs is 1. The summed E-state index contributed by atoms with van der Waals surface area (Å²) in [5.74, 6) is 0.778. The number of aromatic amines is 1. The summed E-state index contributed by atoms with van der Waals surface area (Å²) in [6.07, 6.45) is 1.80. The van der Waals surface area contributed by atoms with Crippen molar-refractivity contribution in [3.63, 3.8) is 0 Å². The summed E-state index contributed by atoms with van der Waals surface area (Å²) in [7, 11) is 0. The predicted octanol–water partition coefficient (Wildman–Crippen LogP) is 2.18. The van der Waals surface area contributed by atoms with E-state index in [2.05, 4.69) is 16.9 Å². The highest BCUT2D eigenvalue weighted by Gasteiger charge is 2.04. The smallest absolute Gasteiger partial charge is 0.259 e. The Hall–Kier alpha value is -1.64. The van der Waals surface area contributed by atoms with Gasteiger partial charge in [-0.25, -0.2) is 4.98 Å². The first-order valence-corrected chi connectivity index (χ1v) is 5.21. The van der Waals surface area contributed by atoms with E-state index >= 15 is 0 Å². The third-order valence-electron chi connectivity index (χ3n) is 2.48. The molecule has 15 heavy (non-hydrogen) atoms. The van der Waals surface area contributed by atoms with Crippen molar-refractivity contribution in [3.8, 4) is 0 Å². The van der Waals surface area contributed by atoms with Gasteiger partial charge in [-0.05, 0) is 25.0 Å². The van der Waals surface area contributed by atoms with Crippen LogP contribution in [0.25, 0.3) is 10.9 Å². The minimum atomic E-state index is -0.0263. The summed E-state index contributed by atoms with van der Waals surface area (Å²) in [6.45, 7) is 4.00. The van der Waals surface area contributed by atoms with E-state index in [0.717, 1.165) is 29.7 Å². The topological polar surface area (TPSA) is 45.8 Å². The number of nitrogens with one attached hydrogen (secondary N) is 1. The summed E-state index contributed by atoms with van der Waals surface area (Å²) in [5, 5.41) is 0.706. The lowest BCUT2D eigenvalue weighted by molar-refractivity contribution is 0.837. The van der Waals surface area contributed by atoms with Crippen molar-refractivity contribution in [1.82, 2.24) is 9.97 Å². The molecule has 0 saturated heterocycles. The monoisotopic (exact) mass is 202 g/mol. The standard InChI is InChI=1S/C12H14N2O/c1-3-5-10-13-9-7-4-6-8(2)11(9)12(15)14-10/h4,6-7H,3,5H2,1-2H3,(H,13,14,15). The molecular weight excluding hydrogens is 188 g/mol. The fourth-order valence-electron chi connectivity index (χ4n) is 1.76. The fraction of sp³-hybridized carbons (Fsp3) is 0.333. The van der Waals surface area contributed by atoms with Crippen LogP contribution < -0.4 is 5.56 Å². The maximum atomic E-state index is 11.8. The Balaban J connectivity index is 2.73. The maximum absolute atomic E-state index is 11.8. The average Bonchev–Trinajstić information content (AvgIpc) is 2.17. The number of hydrogen-bond acceptors (Lipinski definition) is 2. The summed E-state index contributed by atoms with van der Waals surface area (Å²) in [4.78, 5) is 19.1. The molecule has 0 radical (unpaired) electrons. The molecule has 2 aromatic rings. The largest absolute Gasteiger partial charge is 0.310 e. The molecule has 0 aliphatic heterocycles. The van der Waals surface area contributed by atoms with Gasteiger partial charge in [0.15, 0.2) is 0 Å². The second-order valence-corrected chi connectivity index (χ2v) is 3.73. The third-order valence-corrected chi connectivity index (χ3v) is 2.48. The van der Waals surface area contributed by atoms with E-state index in [1.165, 1.54) is 0 Å². The van der Waals surface area contributed by atoms with Crippen LogP contribution in [0.5, 0.6) is 0 Å². The minimum Gasteiger partial charge on any atom is -0.310 e. The molecule has 0 amide bonds. The Morgan fingerprint density at radius 2 is 2.20 bits per heavy atom. The van der Waals surface area contributed by atoms with Crippen LogP contribution in [0.3, 0.4) is 0 Å². The quantitative estimate of drug-likeness (QED) is 0.811. The van der Waals surface area contributed by atoms with Gasteiger partial charge in [0.2, 0.25) is 0 Å². The highest BCUT2D eigenvalue weighted by Crippen LogP contribution is 2.11. The van der Waals surface area contributed by atoms with Crippen LogP contribution in [0, 0.1) is 6.92 Å². The fourth-order valence-corrected chi connectivity index (χ4v) is 1.76. The number of H-pyrrole nitrogens is 1. The van der Waals surface area contributed by atoms with Crippen molar-refractivity contribution in [1.29, 1.82) is 0 Å². The maximum Gasteiger partial charge on any atom is 0.259 e. The summed E-state index contributed by atoms with van der Waals surface area (Å²) in [5.41, 5.74) is 1.74. The Labute approximate surface area is 88.2 Å². The van der Waals surface area contributed by atoms with Crippen molar-refractivity contribution in [2.45, 2.75) is 26.7 Å². The van der Waals surface area contributed by atoms with Gasteiger partial charge < -0.3 is 4.98 Å². The number of rotatable bonds is 2. The normalized spacial score (nSPS) is 10.8. The molecule has 1 heterocycles.